The molecule has 0 aliphatic carbocycles. The number of guanidine groups is 1. The topological polar surface area (TPSA) is 58.5 Å². The van der Waals surface area contributed by atoms with Crippen molar-refractivity contribution in [3.8, 4) is 5.75 Å². The van der Waals surface area contributed by atoms with Crippen molar-refractivity contribution in [2.75, 3.05) is 20.7 Å². The average molecular weight is 481 g/mol. The number of thiazole rings is 1. The molecule has 0 unspecified atom stereocenters. The van der Waals surface area contributed by atoms with Crippen LogP contribution in [0.25, 0.3) is 0 Å². The smallest absolute Gasteiger partial charge is 0.191 e. The van der Waals surface area contributed by atoms with Gasteiger partial charge in [-0.3, -0.25) is 4.99 Å². The first-order chi connectivity index (χ1) is 11.1. The Labute approximate surface area is 168 Å². The minimum Gasteiger partial charge on any atom is -0.497 e. The Balaban J connectivity index is 0.00000288. The fourth-order valence-electron chi connectivity index (χ4n) is 2.05. The molecule has 0 aliphatic rings. The highest BCUT2D eigenvalue weighted by Crippen LogP contribution is 2.22. The molecule has 2 rings (SSSR count). The van der Waals surface area contributed by atoms with E-state index in [1.54, 1.807) is 25.5 Å². The highest BCUT2D eigenvalue weighted by molar-refractivity contribution is 14.0. The zero-order chi connectivity index (χ0) is 16.7. The lowest BCUT2D eigenvalue weighted by molar-refractivity contribution is 0.414. The zero-order valence-electron chi connectivity index (χ0n) is 13.9. The van der Waals surface area contributed by atoms with Gasteiger partial charge in [-0.25, -0.2) is 4.98 Å². The fraction of sp³-hybridized carbons (Fsp3) is 0.375. The number of nitrogens with one attached hydrogen (secondary N) is 2. The van der Waals surface area contributed by atoms with E-state index < -0.39 is 0 Å². The van der Waals surface area contributed by atoms with Crippen LogP contribution in [-0.2, 0) is 13.0 Å². The van der Waals surface area contributed by atoms with E-state index in [4.69, 9.17) is 16.3 Å². The molecule has 1 aromatic carbocycles. The van der Waals surface area contributed by atoms with E-state index in [0.29, 0.717) is 11.6 Å². The maximum absolute atomic E-state index is 6.24. The molecule has 0 aliphatic heterocycles. The summed E-state index contributed by atoms with van der Waals surface area (Å²) in [7, 11) is 3.39. The summed E-state index contributed by atoms with van der Waals surface area (Å²) >= 11 is 7.92. The number of rotatable bonds is 6. The second-order valence-corrected chi connectivity index (χ2v) is 6.63. The molecule has 2 aromatic rings. The van der Waals surface area contributed by atoms with Crippen LogP contribution in [0.4, 0.5) is 0 Å². The quantitative estimate of drug-likeness (QED) is 0.377. The van der Waals surface area contributed by atoms with Gasteiger partial charge in [0.25, 0.3) is 0 Å². The van der Waals surface area contributed by atoms with E-state index in [1.807, 2.05) is 31.3 Å². The first kappa shape index (κ1) is 21.0. The molecule has 24 heavy (non-hydrogen) atoms. The van der Waals surface area contributed by atoms with Crippen LogP contribution >= 0.6 is 46.9 Å². The van der Waals surface area contributed by atoms with E-state index in [-0.39, 0.29) is 24.0 Å². The first-order valence-electron chi connectivity index (χ1n) is 7.30. The second-order valence-electron chi connectivity index (χ2n) is 4.91. The lowest BCUT2D eigenvalue weighted by Gasteiger charge is -2.12. The van der Waals surface area contributed by atoms with Gasteiger partial charge in [0, 0.05) is 29.7 Å². The summed E-state index contributed by atoms with van der Waals surface area (Å²) in [5.74, 6) is 1.53. The van der Waals surface area contributed by atoms with Crippen LogP contribution in [0.1, 0.15) is 15.4 Å². The molecule has 1 heterocycles. The highest BCUT2D eigenvalue weighted by atomic mass is 127. The number of nitrogens with zero attached hydrogens (tertiary/aromatic N) is 2. The molecule has 0 saturated heterocycles. The molecule has 2 N–H and O–H groups in total. The number of ether oxygens (including phenoxy) is 1. The molecule has 132 valence electrons. The van der Waals surface area contributed by atoms with Crippen LogP contribution in [0.5, 0.6) is 5.75 Å². The third-order valence-electron chi connectivity index (χ3n) is 3.27. The normalized spacial score (nSPS) is 10.9. The standard InChI is InChI=1S/C16H21ClN4OS.HI/c1-11-20-9-14(23-11)10-21-16(18-2)19-7-6-12-4-5-13(22-3)8-15(12)17;/h4-5,8-9H,6-7,10H2,1-3H3,(H2,18,19,21);1H. The minimum atomic E-state index is 0. The van der Waals surface area contributed by atoms with Crippen molar-refractivity contribution in [3.63, 3.8) is 0 Å². The number of aryl methyl sites for hydroxylation is 1. The molecular weight excluding hydrogens is 459 g/mol. The van der Waals surface area contributed by atoms with Gasteiger partial charge in [0.2, 0.25) is 0 Å². The zero-order valence-corrected chi connectivity index (χ0v) is 17.8. The third kappa shape index (κ3) is 6.45. The molecular formula is C16H22ClIN4OS. The molecule has 5 nitrogen and oxygen atoms in total. The SMILES string of the molecule is CN=C(NCCc1ccc(OC)cc1Cl)NCc1cnc(C)s1.I. The molecule has 8 heteroatoms. The Bertz CT molecular complexity index is 678. The maximum atomic E-state index is 6.24. The monoisotopic (exact) mass is 480 g/mol. The summed E-state index contributed by atoms with van der Waals surface area (Å²) in [5, 5.41) is 8.34. The van der Waals surface area contributed by atoms with Gasteiger partial charge >= 0.3 is 0 Å². The Kier molecular flexibility index (Phi) is 9.38. The lowest BCUT2D eigenvalue weighted by atomic mass is 10.1. The summed E-state index contributed by atoms with van der Waals surface area (Å²) in [6.45, 7) is 3.46. The van der Waals surface area contributed by atoms with Crippen LogP contribution in [0.15, 0.2) is 29.4 Å². The Morgan fingerprint density at radius 3 is 2.75 bits per heavy atom. The van der Waals surface area contributed by atoms with Crippen molar-refractivity contribution >= 4 is 52.9 Å². The molecule has 0 saturated carbocycles. The van der Waals surface area contributed by atoms with Gasteiger partial charge in [-0.05, 0) is 31.0 Å². The van der Waals surface area contributed by atoms with Crippen LogP contribution in [-0.4, -0.2) is 31.6 Å². The lowest BCUT2D eigenvalue weighted by Crippen LogP contribution is -2.37. The van der Waals surface area contributed by atoms with Crippen molar-refractivity contribution in [2.45, 2.75) is 19.9 Å². The first-order valence-corrected chi connectivity index (χ1v) is 8.50. The van der Waals surface area contributed by atoms with Crippen LogP contribution in [0, 0.1) is 6.92 Å². The van der Waals surface area contributed by atoms with Crippen LogP contribution in [0.3, 0.4) is 0 Å². The molecule has 1 aromatic heterocycles. The van der Waals surface area contributed by atoms with Gasteiger partial charge in [0.05, 0.1) is 18.7 Å². The van der Waals surface area contributed by atoms with Gasteiger partial charge in [0.1, 0.15) is 5.75 Å². The van der Waals surface area contributed by atoms with Gasteiger partial charge in [-0.15, -0.1) is 35.3 Å². The Hall–Kier alpha value is -1.06. The van der Waals surface area contributed by atoms with Crippen molar-refractivity contribution < 1.29 is 4.74 Å². The molecule has 0 atom stereocenters. The largest absolute Gasteiger partial charge is 0.497 e. The average Bonchev–Trinajstić information content (AvgIpc) is 2.97. The second kappa shape index (κ2) is 10.7. The minimum absolute atomic E-state index is 0. The number of methoxy groups -OCH3 is 1. The summed E-state index contributed by atoms with van der Waals surface area (Å²) in [6.07, 6.45) is 2.70. The van der Waals surface area contributed by atoms with E-state index in [0.717, 1.165) is 35.2 Å². The highest BCUT2D eigenvalue weighted by Gasteiger charge is 2.04. The van der Waals surface area contributed by atoms with Crippen LogP contribution in [0.2, 0.25) is 5.02 Å². The Morgan fingerprint density at radius 2 is 2.17 bits per heavy atom. The van der Waals surface area contributed by atoms with Crippen molar-refractivity contribution in [1.82, 2.24) is 15.6 Å². The van der Waals surface area contributed by atoms with Gasteiger partial charge in [-0.2, -0.15) is 0 Å². The predicted molar refractivity (Wildman–Crippen MR) is 112 cm³/mol. The molecule has 0 fully saturated rings. The van der Waals surface area contributed by atoms with Crippen LogP contribution < -0.4 is 15.4 Å². The number of aromatic nitrogens is 1. The van der Waals surface area contributed by atoms with E-state index in [2.05, 4.69) is 20.6 Å². The summed E-state index contributed by atoms with van der Waals surface area (Å²) in [6, 6.07) is 5.73. The molecule has 0 bridgehead atoms. The molecule has 0 radical (unpaired) electrons. The van der Waals surface area contributed by atoms with E-state index in [1.165, 1.54) is 4.88 Å². The van der Waals surface area contributed by atoms with Gasteiger partial charge in [-0.1, -0.05) is 17.7 Å². The van der Waals surface area contributed by atoms with Crippen molar-refractivity contribution in [3.05, 3.63) is 44.9 Å². The molecule has 0 spiro atoms. The number of hydrogen-bond acceptors (Lipinski definition) is 4. The summed E-state index contributed by atoms with van der Waals surface area (Å²) < 4.78 is 5.15. The van der Waals surface area contributed by atoms with E-state index in [9.17, 15) is 0 Å². The van der Waals surface area contributed by atoms with Crippen molar-refractivity contribution in [2.24, 2.45) is 4.99 Å². The summed E-state index contributed by atoms with van der Waals surface area (Å²) in [5.41, 5.74) is 1.08. The Morgan fingerprint density at radius 1 is 1.38 bits per heavy atom. The van der Waals surface area contributed by atoms with Crippen molar-refractivity contribution in [1.29, 1.82) is 0 Å². The van der Waals surface area contributed by atoms with E-state index >= 15 is 0 Å². The number of aliphatic imine (C=N–C) groups is 1. The third-order valence-corrected chi connectivity index (χ3v) is 4.53. The number of benzene rings is 1. The fourth-order valence-corrected chi connectivity index (χ4v) is 3.05. The number of hydrogen-bond donors (Lipinski definition) is 2. The van der Waals surface area contributed by atoms with Gasteiger partial charge in [0.15, 0.2) is 5.96 Å². The number of halogens is 2. The predicted octanol–water partition coefficient (Wildman–Crippen LogP) is 3.64. The van der Waals surface area contributed by atoms with Gasteiger partial charge < -0.3 is 15.4 Å². The maximum Gasteiger partial charge on any atom is 0.191 e. The summed E-state index contributed by atoms with van der Waals surface area (Å²) in [4.78, 5) is 9.64. The molecule has 0 amide bonds.